The van der Waals surface area contributed by atoms with Gasteiger partial charge in [-0.25, -0.2) is 14.2 Å². The van der Waals surface area contributed by atoms with Crippen molar-refractivity contribution in [1.82, 2.24) is 19.1 Å². The van der Waals surface area contributed by atoms with Crippen LogP contribution >= 0.6 is 0 Å². The lowest BCUT2D eigenvalue weighted by Crippen LogP contribution is -2.43. The highest BCUT2D eigenvalue weighted by Crippen LogP contribution is 2.25. The van der Waals surface area contributed by atoms with Crippen LogP contribution < -0.4 is 16.7 Å². The molecule has 0 spiro atoms. The first-order valence-corrected chi connectivity index (χ1v) is 10.1. The second-order valence-electron chi connectivity index (χ2n) is 8.81. The van der Waals surface area contributed by atoms with Crippen LogP contribution in [0.25, 0.3) is 0 Å². The van der Waals surface area contributed by atoms with E-state index >= 15 is 0 Å². The van der Waals surface area contributed by atoms with Gasteiger partial charge in [-0.05, 0) is 55.5 Å². The molecular formula is C23H29N5O2. The molecule has 30 heavy (non-hydrogen) atoms. The number of aromatic nitrogens is 4. The summed E-state index contributed by atoms with van der Waals surface area (Å²) < 4.78 is 2.65. The molecule has 0 aliphatic carbocycles. The molecule has 2 aromatic heterocycles. The van der Waals surface area contributed by atoms with Crippen LogP contribution in [0.3, 0.4) is 0 Å². The number of hydrogen-bond donors (Lipinski definition) is 1. The number of nitrogens with one attached hydrogen (secondary N) is 1. The predicted octanol–water partition coefficient (Wildman–Crippen LogP) is 3.78. The Morgan fingerprint density at radius 2 is 1.83 bits per heavy atom. The lowest BCUT2D eigenvalue weighted by atomic mass is 9.87. The van der Waals surface area contributed by atoms with Gasteiger partial charge in [-0.1, -0.05) is 39.0 Å². The first-order chi connectivity index (χ1) is 14.1. The van der Waals surface area contributed by atoms with Crippen LogP contribution in [0.5, 0.6) is 0 Å². The Labute approximate surface area is 176 Å². The van der Waals surface area contributed by atoms with Crippen molar-refractivity contribution in [3.8, 4) is 0 Å². The highest BCUT2D eigenvalue weighted by atomic mass is 16.2. The second-order valence-corrected chi connectivity index (χ2v) is 8.81. The maximum atomic E-state index is 13.2. The van der Waals surface area contributed by atoms with Crippen molar-refractivity contribution in [1.29, 1.82) is 0 Å². The van der Waals surface area contributed by atoms with Crippen molar-refractivity contribution in [3.05, 3.63) is 80.4 Å². The Bertz CT molecular complexity index is 1150. The molecule has 0 aliphatic rings. The molecule has 0 amide bonds. The van der Waals surface area contributed by atoms with E-state index in [1.54, 1.807) is 20.0 Å². The van der Waals surface area contributed by atoms with Gasteiger partial charge >= 0.3 is 11.4 Å². The van der Waals surface area contributed by atoms with E-state index < -0.39 is 11.4 Å². The summed E-state index contributed by atoms with van der Waals surface area (Å²) in [6.07, 6.45) is 1.73. The minimum absolute atomic E-state index is 0.0284. The minimum atomic E-state index is -0.567. The van der Waals surface area contributed by atoms with Crippen LogP contribution in [0.15, 0.2) is 52.2 Å². The average molecular weight is 408 g/mol. The van der Waals surface area contributed by atoms with E-state index in [0.29, 0.717) is 0 Å². The summed E-state index contributed by atoms with van der Waals surface area (Å²) in [7, 11) is 0. The molecule has 1 N–H and O–H groups in total. The van der Waals surface area contributed by atoms with Crippen molar-refractivity contribution in [2.45, 2.75) is 59.5 Å². The number of rotatable bonds is 5. The zero-order chi connectivity index (χ0) is 22.1. The molecule has 3 rings (SSSR count). The molecule has 1 aromatic carbocycles. The van der Waals surface area contributed by atoms with E-state index in [-0.39, 0.29) is 23.9 Å². The third-order valence-corrected chi connectivity index (χ3v) is 4.91. The van der Waals surface area contributed by atoms with E-state index in [2.05, 4.69) is 42.1 Å². The normalized spacial score (nSPS) is 11.7. The number of benzene rings is 1. The van der Waals surface area contributed by atoms with Gasteiger partial charge in [0.2, 0.25) is 5.95 Å². The van der Waals surface area contributed by atoms with Crippen LogP contribution in [-0.2, 0) is 12.0 Å². The summed E-state index contributed by atoms with van der Waals surface area (Å²) in [6, 6.07) is 11.4. The SMILES string of the molecule is Cc1ccc(Cn2c(Nc3cccc(C(C)(C)C)c3)nc(=O)n(C(C)C)c2=O)cn1. The van der Waals surface area contributed by atoms with Crippen molar-refractivity contribution in [2.24, 2.45) is 0 Å². The monoisotopic (exact) mass is 407 g/mol. The molecule has 0 fully saturated rings. The molecule has 7 nitrogen and oxygen atoms in total. The molecule has 0 saturated carbocycles. The van der Waals surface area contributed by atoms with Gasteiger partial charge in [0.05, 0.1) is 6.54 Å². The molecule has 0 radical (unpaired) electrons. The topological polar surface area (TPSA) is 81.8 Å². The van der Waals surface area contributed by atoms with Gasteiger partial charge in [-0.3, -0.25) is 9.55 Å². The van der Waals surface area contributed by atoms with Gasteiger partial charge in [0, 0.05) is 23.6 Å². The molecular weight excluding hydrogens is 378 g/mol. The molecule has 2 heterocycles. The van der Waals surface area contributed by atoms with Crippen molar-refractivity contribution in [2.75, 3.05) is 5.32 Å². The number of pyridine rings is 1. The number of anilines is 2. The third kappa shape index (κ3) is 4.67. The smallest absolute Gasteiger partial charge is 0.325 e. The summed E-state index contributed by atoms with van der Waals surface area (Å²) >= 11 is 0. The number of nitrogens with zero attached hydrogens (tertiary/aromatic N) is 4. The Morgan fingerprint density at radius 3 is 2.43 bits per heavy atom. The Kier molecular flexibility index (Phi) is 5.92. The summed E-state index contributed by atoms with van der Waals surface area (Å²) in [6.45, 7) is 12.2. The highest BCUT2D eigenvalue weighted by molar-refractivity contribution is 5.55. The Hall–Kier alpha value is -3.22. The lowest BCUT2D eigenvalue weighted by molar-refractivity contribution is 0.497. The summed E-state index contributed by atoms with van der Waals surface area (Å²) in [5.41, 5.74) is 2.66. The molecule has 0 aliphatic heterocycles. The summed E-state index contributed by atoms with van der Waals surface area (Å²) in [5.74, 6) is 0.216. The maximum absolute atomic E-state index is 13.2. The third-order valence-electron chi connectivity index (χ3n) is 4.91. The molecule has 158 valence electrons. The zero-order valence-corrected chi connectivity index (χ0v) is 18.4. The Morgan fingerprint density at radius 1 is 1.10 bits per heavy atom. The van der Waals surface area contributed by atoms with Crippen molar-refractivity contribution in [3.63, 3.8) is 0 Å². The predicted molar refractivity (Wildman–Crippen MR) is 120 cm³/mol. The first kappa shape index (κ1) is 21.5. The largest absolute Gasteiger partial charge is 0.355 e. The zero-order valence-electron chi connectivity index (χ0n) is 18.4. The van der Waals surface area contributed by atoms with Gasteiger partial charge in [-0.2, -0.15) is 4.98 Å². The fourth-order valence-electron chi connectivity index (χ4n) is 3.15. The second kappa shape index (κ2) is 8.26. The number of hydrogen-bond acceptors (Lipinski definition) is 5. The van der Waals surface area contributed by atoms with Gasteiger partial charge in [0.25, 0.3) is 0 Å². The van der Waals surface area contributed by atoms with Crippen molar-refractivity contribution >= 4 is 11.6 Å². The number of aryl methyl sites for hydroxylation is 1. The van der Waals surface area contributed by atoms with Crippen LogP contribution in [0.1, 0.15) is 57.5 Å². The van der Waals surface area contributed by atoms with Gasteiger partial charge in [-0.15, -0.1) is 0 Å². The summed E-state index contributed by atoms with van der Waals surface area (Å²) in [5, 5.41) is 3.18. The van der Waals surface area contributed by atoms with E-state index in [4.69, 9.17) is 0 Å². The van der Waals surface area contributed by atoms with E-state index in [1.807, 2.05) is 37.3 Å². The molecule has 0 atom stereocenters. The molecule has 3 aromatic rings. The van der Waals surface area contributed by atoms with Gasteiger partial charge in [0.15, 0.2) is 0 Å². The van der Waals surface area contributed by atoms with E-state index in [9.17, 15) is 9.59 Å². The standard InChI is InChI=1S/C23H29N5O2/c1-15(2)28-21(29)26-20(25-19-9-7-8-18(12-19)23(4,5)6)27(22(28)30)14-17-11-10-16(3)24-13-17/h7-13,15H,14H2,1-6H3,(H,25,26,29). The minimum Gasteiger partial charge on any atom is -0.325 e. The van der Waals surface area contributed by atoms with Gasteiger partial charge in [0.1, 0.15) is 0 Å². The first-order valence-electron chi connectivity index (χ1n) is 10.1. The molecule has 0 bridgehead atoms. The van der Waals surface area contributed by atoms with Crippen LogP contribution in [0, 0.1) is 6.92 Å². The van der Waals surface area contributed by atoms with E-state index in [0.717, 1.165) is 22.5 Å². The van der Waals surface area contributed by atoms with Crippen LogP contribution in [-0.4, -0.2) is 19.1 Å². The molecule has 7 heteroatoms. The van der Waals surface area contributed by atoms with E-state index in [1.165, 1.54) is 9.13 Å². The van der Waals surface area contributed by atoms with Gasteiger partial charge < -0.3 is 5.32 Å². The lowest BCUT2D eigenvalue weighted by Gasteiger charge is -2.21. The van der Waals surface area contributed by atoms with Crippen LogP contribution in [0.4, 0.5) is 11.6 Å². The quantitative estimate of drug-likeness (QED) is 0.696. The average Bonchev–Trinajstić information content (AvgIpc) is 2.65. The Balaban J connectivity index is 2.10. The fourth-order valence-corrected chi connectivity index (χ4v) is 3.15. The fraction of sp³-hybridized carbons (Fsp3) is 0.391. The highest BCUT2D eigenvalue weighted by Gasteiger charge is 2.17. The molecule has 0 saturated heterocycles. The summed E-state index contributed by atoms with van der Waals surface area (Å²) in [4.78, 5) is 34.2. The van der Waals surface area contributed by atoms with Crippen molar-refractivity contribution < 1.29 is 0 Å². The maximum Gasteiger partial charge on any atom is 0.355 e. The molecule has 0 unspecified atom stereocenters. The van der Waals surface area contributed by atoms with Crippen LogP contribution in [0.2, 0.25) is 0 Å².